The van der Waals surface area contributed by atoms with Crippen LogP contribution in [0.4, 0.5) is 24.7 Å². The second-order valence-corrected chi connectivity index (χ2v) is 10.5. The van der Waals surface area contributed by atoms with E-state index in [4.69, 9.17) is 11.6 Å². The van der Waals surface area contributed by atoms with Crippen molar-refractivity contribution >= 4 is 50.9 Å². The molecule has 3 rings (SSSR count). The summed E-state index contributed by atoms with van der Waals surface area (Å²) in [6.45, 7) is 9.40. The lowest BCUT2D eigenvalue weighted by Crippen LogP contribution is -2.56. The van der Waals surface area contributed by atoms with E-state index in [-0.39, 0.29) is 32.7 Å². The van der Waals surface area contributed by atoms with E-state index in [1.165, 1.54) is 12.3 Å². The topological polar surface area (TPSA) is 74.8 Å². The molecule has 0 aliphatic carbocycles. The molecular formula is C23H25BrClF3N4O3. The molecule has 0 bridgehead atoms. The van der Waals surface area contributed by atoms with Crippen LogP contribution in [0.25, 0.3) is 0 Å². The minimum absolute atomic E-state index is 0.0118. The molecule has 12 heteroatoms. The minimum atomic E-state index is -4.90. The van der Waals surface area contributed by atoms with Crippen LogP contribution in [0.2, 0.25) is 5.02 Å². The molecule has 1 atom stereocenters. The van der Waals surface area contributed by atoms with E-state index in [0.29, 0.717) is 25.5 Å². The van der Waals surface area contributed by atoms with Gasteiger partial charge in [-0.15, -0.1) is 13.2 Å². The Morgan fingerprint density at radius 1 is 1.20 bits per heavy atom. The van der Waals surface area contributed by atoms with Crippen LogP contribution in [0.1, 0.15) is 38.1 Å². The maximum Gasteiger partial charge on any atom is 0.573 e. The summed E-state index contributed by atoms with van der Waals surface area (Å²) < 4.78 is 41.8. The van der Waals surface area contributed by atoms with Gasteiger partial charge in [0.2, 0.25) is 5.91 Å². The van der Waals surface area contributed by atoms with Crippen LogP contribution < -0.4 is 15.0 Å². The number of aromatic nitrogens is 1. The lowest BCUT2D eigenvalue weighted by Gasteiger charge is -2.42. The van der Waals surface area contributed by atoms with Crippen LogP contribution >= 0.6 is 27.5 Å². The molecule has 0 radical (unpaired) electrons. The molecule has 1 aliphatic heterocycles. The highest BCUT2D eigenvalue weighted by Crippen LogP contribution is 2.37. The number of halogens is 5. The Morgan fingerprint density at radius 3 is 2.43 bits per heavy atom. The number of carbonyl (C=O) groups is 2. The first-order chi connectivity index (χ1) is 16.2. The summed E-state index contributed by atoms with van der Waals surface area (Å²) in [5.41, 5.74) is -0.302. The van der Waals surface area contributed by atoms with Gasteiger partial charge in [-0.3, -0.25) is 9.59 Å². The maximum absolute atomic E-state index is 12.7. The lowest BCUT2D eigenvalue weighted by atomic mass is 9.94. The number of amides is 2. The van der Waals surface area contributed by atoms with Gasteiger partial charge in [0, 0.05) is 43.4 Å². The predicted molar refractivity (Wildman–Crippen MR) is 131 cm³/mol. The smallest absolute Gasteiger partial charge is 0.405 e. The molecule has 1 aromatic carbocycles. The van der Waals surface area contributed by atoms with Crippen LogP contribution in [0, 0.1) is 5.41 Å². The molecule has 2 aromatic rings. The van der Waals surface area contributed by atoms with E-state index in [9.17, 15) is 22.8 Å². The Bertz CT molecular complexity index is 1110. The van der Waals surface area contributed by atoms with Gasteiger partial charge < -0.3 is 19.9 Å². The summed E-state index contributed by atoms with van der Waals surface area (Å²) in [4.78, 5) is 33.5. The van der Waals surface area contributed by atoms with Crippen molar-refractivity contribution in [1.29, 1.82) is 0 Å². The van der Waals surface area contributed by atoms with E-state index < -0.39 is 23.4 Å². The second-order valence-electron chi connectivity index (χ2n) is 9.21. The van der Waals surface area contributed by atoms with Crippen molar-refractivity contribution in [3.05, 3.63) is 45.5 Å². The summed E-state index contributed by atoms with van der Waals surface area (Å²) in [5, 5.41) is 2.51. The number of pyridine rings is 1. The zero-order valence-corrected chi connectivity index (χ0v) is 21.9. The Hall–Kier alpha value is -2.53. The fourth-order valence-corrected chi connectivity index (χ4v) is 4.44. The van der Waals surface area contributed by atoms with Crippen molar-refractivity contribution in [2.45, 2.75) is 40.1 Å². The van der Waals surface area contributed by atoms with Crippen LogP contribution in [-0.2, 0) is 4.79 Å². The molecule has 190 valence electrons. The lowest BCUT2D eigenvalue weighted by molar-refractivity contribution is -0.274. The number of nitrogens with one attached hydrogen (secondary N) is 1. The molecule has 35 heavy (non-hydrogen) atoms. The first-order valence-corrected chi connectivity index (χ1v) is 11.9. The quantitative estimate of drug-likeness (QED) is 0.502. The highest BCUT2D eigenvalue weighted by molar-refractivity contribution is 9.10. The van der Waals surface area contributed by atoms with Gasteiger partial charge in [-0.1, -0.05) is 32.4 Å². The fraction of sp³-hybridized carbons (Fsp3) is 0.435. The van der Waals surface area contributed by atoms with E-state index in [0.717, 1.165) is 6.07 Å². The molecule has 7 nitrogen and oxygen atoms in total. The van der Waals surface area contributed by atoms with Crippen LogP contribution in [0.15, 0.2) is 34.9 Å². The van der Waals surface area contributed by atoms with Gasteiger partial charge in [0.15, 0.2) is 0 Å². The first-order valence-electron chi connectivity index (χ1n) is 10.7. The molecule has 2 heterocycles. The molecule has 0 saturated carbocycles. The summed E-state index contributed by atoms with van der Waals surface area (Å²) in [6, 6.07) is 5.46. The first kappa shape index (κ1) is 27.1. The van der Waals surface area contributed by atoms with Crippen molar-refractivity contribution < 1.29 is 27.5 Å². The maximum atomic E-state index is 12.7. The van der Waals surface area contributed by atoms with Crippen molar-refractivity contribution in [3.8, 4) is 5.75 Å². The van der Waals surface area contributed by atoms with Gasteiger partial charge in [-0.25, -0.2) is 4.98 Å². The number of nitrogens with zero attached hydrogens (tertiary/aromatic N) is 3. The van der Waals surface area contributed by atoms with Gasteiger partial charge in [-0.05, 0) is 41.1 Å². The highest BCUT2D eigenvalue weighted by Gasteiger charge is 2.34. The van der Waals surface area contributed by atoms with Gasteiger partial charge in [0.25, 0.3) is 5.91 Å². The normalized spacial score (nSPS) is 16.8. The number of piperazine rings is 1. The fourth-order valence-electron chi connectivity index (χ4n) is 3.67. The summed E-state index contributed by atoms with van der Waals surface area (Å²) in [6.07, 6.45) is -3.52. The largest absolute Gasteiger partial charge is 0.573 e. The Labute approximate surface area is 214 Å². The number of carbonyl (C=O) groups excluding carboxylic acids is 2. The molecule has 1 saturated heterocycles. The van der Waals surface area contributed by atoms with Crippen molar-refractivity contribution in [2.75, 3.05) is 29.9 Å². The van der Waals surface area contributed by atoms with E-state index in [2.05, 4.69) is 35.9 Å². The number of hydrogen-bond donors (Lipinski definition) is 1. The Kier molecular flexibility index (Phi) is 7.90. The number of rotatable bonds is 4. The van der Waals surface area contributed by atoms with Crippen molar-refractivity contribution in [1.82, 2.24) is 9.88 Å². The SMILES string of the molecule is CC1CN(C(=O)C(C)(C)C)CCN1c1ccc(C(=O)Nc2cc(OC(F)(F)F)c(Br)cc2Cl)cn1. The summed E-state index contributed by atoms with van der Waals surface area (Å²) >= 11 is 9.04. The molecule has 0 spiro atoms. The monoisotopic (exact) mass is 576 g/mol. The zero-order valence-electron chi connectivity index (χ0n) is 19.5. The van der Waals surface area contributed by atoms with Crippen LogP contribution in [-0.4, -0.2) is 53.7 Å². The number of anilines is 2. The summed E-state index contributed by atoms with van der Waals surface area (Å²) in [5.74, 6) is -0.387. The zero-order chi connectivity index (χ0) is 26.1. The number of ether oxygens (including phenoxy) is 1. The third-order valence-electron chi connectivity index (χ3n) is 5.36. The number of alkyl halides is 3. The van der Waals surface area contributed by atoms with Crippen molar-refractivity contribution in [3.63, 3.8) is 0 Å². The van der Waals surface area contributed by atoms with Gasteiger partial charge >= 0.3 is 6.36 Å². The van der Waals surface area contributed by atoms with E-state index in [1.54, 1.807) is 12.1 Å². The average Bonchev–Trinajstić information content (AvgIpc) is 2.75. The second kappa shape index (κ2) is 10.2. The molecule has 2 amide bonds. The van der Waals surface area contributed by atoms with Crippen molar-refractivity contribution in [2.24, 2.45) is 5.41 Å². The van der Waals surface area contributed by atoms with Gasteiger partial charge in [0.1, 0.15) is 11.6 Å². The number of hydrogen-bond acceptors (Lipinski definition) is 5. The Balaban J connectivity index is 1.69. The molecule has 1 aliphatic rings. The van der Waals surface area contributed by atoms with E-state index in [1.807, 2.05) is 32.6 Å². The summed E-state index contributed by atoms with van der Waals surface area (Å²) in [7, 11) is 0. The number of benzene rings is 1. The molecule has 1 aromatic heterocycles. The van der Waals surface area contributed by atoms with Gasteiger partial charge in [-0.2, -0.15) is 0 Å². The standard InChI is InChI=1S/C23H25BrClF3N4O3/c1-13-12-31(21(34)22(2,3)4)7-8-32(13)19-6-5-14(11-29-19)20(33)30-17-10-18(35-23(26,27)28)15(24)9-16(17)25/h5-6,9-11,13H,7-8,12H2,1-4H3,(H,30,33). The van der Waals surface area contributed by atoms with Crippen LogP contribution in [0.5, 0.6) is 5.75 Å². The van der Waals surface area contributed by atoms with Gasteiger partial charge in [0.05, 0.1) is 20.7 Å². The predicted octanol–water partition coefficient (Wildman–Crippen LogP) is 5.73. The molecule has 1 N–H and O–H groups in total. The average molecular weight is 578 g/mol. The Morgan fingerprint density at radius 2 is 1.89 bits per heavy atom. The minimum Gasteiger partial charge on any atom is -0.405 e. The van der Waals surface area contributed by atoms with Crippen LogP contribution in [0.3, 0.4) is 0 Å². The molecule has 1 unspecified atom stereocenters. The third kappa shape index (κ3) is 6.78. The molecular weight excluding hydrogens is 553 g/mol. The van der Waals surface area contributed by atoms with E-state index >= 15 is 0 Å². The highest BCUT2D eigenvalue weighted by atomic mass is 79.9. The molecule has 1 fully saturated rings. The third-order valence-corrected chi connectivity index (χ3v) is 6.29.